The maximum absolute atomic E-state index is 12.8. The van der Waals surface area contributed by atoms with Gasteiger partial charge in [-0.05, 0) is 42.5 Å². The fourth-order valence-corrected chi connectivity index (χ4v) is 4.07. The SMILES string of the molecule is O=S(=O)(Nc1ccc(F)cc1)c1ccc(-c2ccn[nH]2)s1. The number of halogens is 1. The Morgan fingerprint density at radius 1 is 1.10 bits per heavy atom. The summed E-state index contributed by atoms with van der Waals surface area (Å²) in [6, 6.07) is 10.1. The summed E-state index contributed by atoms with van der Waals surface area (Å²) in [4.78, 5) is 0.770. The molecular formula is C13H10FN3O2S2. The predicted molar refractivity (Wildman–Crippen MR) is 79.1 cm³/mol. The van der Waals surface area contributed by atoms with E-state index in [9.17, 15) is 12.8 Å². The Morgan fingerprint density at radius 2 is 1.86 bits per heavy atom. The first-order chi connectivity index (χ1) is 10.0. The van der Waals surface area contributed by atoms with E-state index in [2.05, 4.69) is 14.9 Å². The van der Waals surface area contributed by atoms with Crippen LogP contribution in [-0.2, 0) is 10.0 Å². The van der Waals surface area contributed by atoms with Crippen LogP contribution >= 0.6 is 11.3 Å². The number of rotatable bonds is 4. The number of nitrogens with zero attached hydrogens (tertiary/aromatic N) is 1. The topological polar surface area (TPSA) is 74.8 Å². The van der Waals surface area contributed by atoms with Gasteiger partial charge in [-0.2, -0.15) is 5.10 Å². The van der Waals surface area contributed by atoms with Crippen LogP contribution < -0.4 is 4.72 Å². The minimum atomic E-state index is -3.68. The van der Waals surface area contributed by atoms with Crippen molar-refractivity contribution in [3.63, 3.8) is 0 Å². The molecule has 1 aromatic carbocycles. The van der Waals surface area contributed by atoms with Gasteiger partial charge in [-0.25, -0.2) is 12.8 Å². The molecule has 0 saturated carbocycles. The van der Waals surface area contributed by atoms with Crippen LogP contribution in [-0.4, -0.2) is 18.6 Å². The molecule has 3 rings (SSSR count). The summed E-state index contributed by atoms with van der Waals surface area (Å²) in [7, 11) is -3.68. The molecule has 0 spiro atoms. The molecule has 8 heteroatoms. The van der Waals surface area contributed by atoms with Gasteiger partial charge < -0.3 is 0 Å². The number of hydrogen-bond acceptors (Lipinski definition) is 4. The Morgan fingerprint density at radius 3 is 2.52 bits per heavy atom. The smallest absolute Gasteiger partial charge is 0.271 e. The lowest BCUT2D eigenvalue weighted by Gasteiger charge is -2.05. The second-order valence-corrected chi connectivity index (χ2v) is 7.19. The highest BCUT2D eigenvalue weighted by Crippen LogP contribution is 2.30. The maximum atomic E-state index is 12.8. The molecule has 0 aliphatic rings. The van der Waals surface area contributed by atoms with Gasteiger partial charge >= 0.3 is 0 Å². The zero-order valence-electron chi connectivity index (χ0n) is 10.6. The lowest BCUT2D eigenvalue weighted by molar-refractivity contribution is 0.603. The lowest BCUT2D eigenvalue weighted by Crippen LogP contribution is -2.11. The van der Waals surface area contributed by atoms with Crippen molar-refractivity contribution < 1.29 is 12.8 Å². The van der Waals surface area contributed by atoms with Crippen molar-refractivity contribution in [2.24, 2.45) is 0 Å². The summed E-state index contributed by atoms with van der Waals surface area (Å²) in [5.74, 6) is -0.421. The van der Waals surface area contributed by atoms with Gasteiger partial charge in [0.2, 0.25) is 0 Å². The molecule has 0 fully saturated rings. The van der Waals surface area contributed by atoms with E-state index in [-0.39, 0.29) is 4.21 Å². The Hall–Kier alpha value is -2.19. The van der Waals surface area contributed by atoms with Gasteiger partial charge in [-0.3, -0.25) is 9.82 Å². The highest BCUT2D eigenvalue weighted by Gasteiger charge is 2.17. The van der Waals surface area contributed by atoms with Gasteiger partial charge in [0.1, 0.15) is 10.0 Å². The van der Waals surface area contributed by atoms with Crippen LogP contribution in [0, 0.1) is 5.82 Å². The Labute approximate surface area is 124 Å². The number of thiophene rings is 1. The van der Waals surface area contributed by atoms with Crippen LogP contribution in [0.1, 0.15) is 0 Å². The fraction of sp³-hybridized carbons (Fsp3) is 0. The van der Waals surface area contributed by atoms with E-state index < -0.39 is 15.8 Å². The molecule has 108 valence electrons. The second kappa shape index (κ2) is 5.30. The number of nitrogens with one attached hydrogen (secondary N) is 2. The quantitative estimate of drug-likeness (QED) is 0.775. The molecule has 0 radical (unpaired) electrons. The first-order valence-corrected chi connectivity index (χ1v) is 8.22. The van der Waals surface area contributed by atoms with E-state index in [1.54, 1.807) is 18.3 Å². The summed E-state index contributed by atoms with van der Waals surface area (Å²) in [5, 5.41) is 6.60. The van der Waals surface area contributed by atoms with Gasteiger partial charge in [-0.1, -0.05) is 0 Å². The third-order valence-electron chi connectivity index (χ3n) is 2.71. The van der Waals surface area contributed by atoms with E-state index >= 15 is 0 Å². The number of anilines is 1. The van der Waals surface area contributed by atoms with Crippen LogP contribution in [0.15, 0.2) is 52.9 Å². The minimum absolute atomic E-state index is 0.177. The summed E-state index contributed by atoms with van der Waals surface area (Å²) < 4.78 is 39.9. The molecular weight excluding hydrogens is 313 g/mol. The Balaban J connectivity index is 1.87. The van der Waals surface area contributed by atoms with Crippen LogP contribution in [0.3, 0.4) is 0 Å². The average molecular weight is 323 g/mol. The average Bonchev–Trinajstić information content (AvgIpc) is 3.11. The number of H-pyrrole nitrogens is 1. The van der Waals surface area contributed by atoms with Crippen LogP contribution in [0.2, 0.25) is 0 Å². The normalized spacial score (nSPS) is 11.5. The fourth-order valence-electron chi connectivity index (χ4n) is 1.73. The van der Waals surface area contributed by atoms with Crippen LogP contribution in [0.25, 0.3) is 10.6 Å². The number of hydrogen-bond donors (Lipinski definition) is 2. The van der Waals surface area contributed by atoms with E-state index in [4.69, 9.17) is 0 Å². The molecule has 0 bridgehead atoms. The Bertz CT molecular complexity index is 840. The first kappa shape index (κ1) is 13.8. The molecule has 3 aromatic rings. The molecule has 0 unspecified atom stereocenters. The van der Waals surface area contributed by atoms with Crippen molar-refractivity contribution in [3.05, 3.63) is 54.5 Å². The molecule has 0 amide bonds. The monoisotopic (exact) mass is 323 g/mol. The number of aromatic amines is 1. The van der Waals surface area contributed by atoms with Crippen molar-refractivity contribution in [1.82, 2.24) is 10.2 Å². The number of aromatic nitrogens is 2. The van der Waals surface area contributed by atoms with Crippen molar-refractivity contribution in [2.75, 3.05) is 4.72 Å². The predicted octanol–water partition coefficient (Wildman–Crippen LogP) is 3.08. The van der Waals surface area contributed by atoms with E-state index in [0.29, 0.717) is 5.69 Å². The van der Waals surface area contributed by atoms with Crippen molar-refractivity contribution in [1.29, 1.82) is 0 Å². The molecule has 0 saturated heterocycles. The number of benzene rings is 1. The molecule has 5 nitrogen and oxygen atoms in total. The van der Waals surface area contributed by atoms with Crippen molar-refractivity contribution in [2.45, 2.75) is 4.21 Å². The molecule has 0 atom stereocenters. The van der Waals surface area contributed by atoms with Crippen LogP contribution in [0.5, 0.6) is 0 Å². The standard InChI is InChI=1S/C13H10FN3O2S2/c14-9-1-3-10(4-2-9)17-21(18,19)13-6-5-12(20-13)11-7-8-15-16-11/h1-8,17H,(H,15,16). The minimum Gasteiger partial charge on any atom is -0.279 e. The first-order valence-electron chi connectivity index (χ1n) is 5.92. The van der Waals surface area contributed by atoms with Gasteiger partial charge in [0.05, 0.1) is 10.6 Å². The third-order valence-corrected chi connectivity index (χ3v) is 5.70. The lowest BCUT2D eigenvalue weighted by atomic mass is 10.3. The second-order valence-electron chi connectivity index (χ2n) is 4.20. The molecule has 2 heterocycles. The van der Waals surface area contributed by atoms with Gasteiger partial charge in [0, 0.05) is 11.9 Å². The summed E-state index contributed by atoms with van der Waals surface area (Å²) in [6.45, 7) is 0. The maximum Gasteiger partial charge on any atom is 0.271 e. The largest absolute Gasteiger partial charge is 0.279 e. The van der Waals surface area contributed by atoms with Gasteiger partial charge in [0.15, 0.2) is 0 Å². The number of sulfonamides is 1. The van der Waals surface area contributed by atoms with Gasteiger partial charge in [0.25, 0.3) is 10.0 Å². The highest BCUT2D eigenvalue weighted by molar-refractivity contribution is 7.94. The molecule has 2 N–H and O–H groups in total. The van der Waals surface area contributed by atoms with E-state index in [1.165, 1.54) is 30.3 Å². The third kappa shape index (κ3) is 2.96. The van der Waals surface area contributed by atoms with E-state index in [0.717, 1.165) is 21.9 Å². The molecule has 21 heavy (non-hydrogen) atoms. The zero-order chi connectivity index (χ0) is 14.9. The van der Waals surface area contributed by atoms with Crippen LogP contribution in [0.4, 0.5) is 10.1 Å². The molecule has 2 aromatic heterocycles. The van der Waals surface area contributed by atoms with E-state index in [1.807, 2.05) is 0 Å². The molecule has 0 aliphatic carbocycles. The van der Waals surface area contributed by atoms with Gasteiger partial charge in [-0.15, -0.1) is 11.3 Å². The highest BCUT2D eigenvalue weighted by atomic mass is 32.2. The summed E-state index contributed by atoms with van der Waals surface area (Å²) >= 11 is 1.12. The van der Waals surface area contributed by atoms with Crippen molar-refractivity contribution >= 4 is 27.0 Å². The molecule has 0 aliphatic heterocycles. The van der Waals surface area contributed by atoms with Crippen molar-refractivity contribution in [3.8, 4) is 10.6 Å². The summed E-state index contributed by atoms with van der Waals surface area (Å²) in [5.41, 5.74) is 1.07. The Kier molecular flexibility index (Phi) is 3.48. The summed E-state index contributed by atoms with van der Waals surface area (Å²) in [6.07, 6.45) is 1.60. The zero-order valence-corrected chi connectivity index (χ0v) is 12.2.